The Bertz CT molecular complexity index is 696. The molecular formula is C16H15N3. The highest BCUT2D eigenvalue weighted by atomic mass is 14.9. The van der Waals surface area contributed by atoms with Crippen LogP contribution in [0.5, 0.6) is 0 Å². The number of benzene rings is 2. The minimum Gasteiger partial charge on any atom is -0.399 e. The zero-order valence-electron chi connectivity index (χ0n) is 10.7. The quantitative estimate of drug-likeness (QED) is 0.681. The van der Waals surface area contributed by atoms with Crippen LogP contribution in [0.3, 0.4) is 0 Å². The van der Waals surface area contributed by atoms with E-state index >= 15 is 0 Å². The number of aromatic nitrogens is 2. The number of hydrogen-bond donors (Lipinski definition) is 2. The fraction of sp³-hybridized carbons (Fsp3) is 0.0625. The Hall–Kier alpha value is -2.55. The molecule has 3 rings (SSSR count). The van der Waals surface area contributed by atoms with E-state index in [2.05, 4.69) is 35.1 Å². The summed E-state index contributed by atoms with van der Waals surface area (Å²) in [6.07, 6.45) is 1.85. The van der Waals surface area contributed by atoms with Gasteiger partial charge in [-0.1, -0.05) is 35.9 Å². The highest BCUT2D eigenvalue weighted by Gasteiger charge is 2.05. The summed E-state index contributed by atoms with van der Waals surface area (Å²) >= 11 is 0. The van der Waals surface area contributed by atoms with E-state index in [-0.39, 0.29) is 0 Å². The zero-order valence-corrected chi connectivity index (χ0v) is 10.7. The smallest absolute Gasteiger partial charge is 0.137 e. The van der Waals surface area contributed by atoms with Crippen molar-refractivity contribution in [1.29, 1.82) is 0 Å². The van der Waals surface area contributed by atoms with Crippen molar-refractivity contribution in [3.8, 4) is 22.6 Å². The molecule has 0 spiro atoms. The lowest BCUT2D eigenvalue weighted by Crippen LogP contribution is -1.84. The van der Waals surface area contributed by atoms with E-state index in [0.717, 1.165) is 28.3 Å². The van der Waals surface area contributed by atoms with Gasteiger partial charge in [-0.05, 0) is 30.7 Å². The summed E-state index contributed by atoms with van der Waals surface area (Å²) in [5, 5.41) is 0. The van der Waals surface area contributed by atoms with Crippen LogP contribution in [0.4, 0.5) is 5.69 Å². The van der Waals surface area contributed by atoms with E-state index in [9.17, 15) is 0 Å². The fourth-order valence-electron chi connectivity index (χ4n) is 2.07. The number of nitrogen functional groups attached to an aromatic ring is 1. The van der Waals surface area contributed by atoms with Crippen molar-refractivity contribution >= 4 is 5.69 Å². The molecule has 0 aliphatic rings. The average molecular weight is 249 g/mol. The first kappa shape index (κ1) is 11.5. The largest absolute Gasteiger partial charge is 0.399 e. The molecule has 3 N–H and O–H groups in total. The Morgan fingerprint density at radius 3 is 2.53 bits per heavy atom. The molecule has 0 saturated carbocycles. The molecule has 94 valence electrons. The molecule has 19 heavy (non-hydrogen) atoms. The van der Waals surface area contributed by atoms with Crippen molar-refractivity contribution < 1.29 is 0 Å². The van der Waals surface area contributed by atoms with E-state index in [1.54, 1.807) is 0 Å². The van der Waals surface area contributed by atoms with Gasteiger partial charge in [-0.15, -0.1) is 0 Å². The van der Waals surface area contributed by atoms with Gasteiger partial charge in [0.2, 0.25) is 0 Å². The van der Waals surface area contributed by atoms with Crippen LogP contribution in [-0.2, 0) is 0 Å². The van der Waals surface area contributed by atoms with Crippen LogP contribution in [0, 0.1) is 6.92 Å². The Kier molecular flexibility index (Phi) is 2.80. The van der Waals surface area contributed by atoms with Crippen molar-refractivity contribution in [3.05, 3.63) is 60.3 Å². The molecule has 2 aromatic carbocycles. The summed E-state index contributed by atoms with van der Waals surface area (Å²) in [7, 11) is 0. The van der Waals surface area contributed by atoms with Gasteiger partial charge in [0, 0.05) is 11.3 Å². The van der Waals surface area contributed by atoms with E-state index in [1.807, 2.05) is 36.5 Å². The lowest BCUT2D eigenvalue weighted by Gasteiger charge is -2.00. The van der Waals surface area contributed by atoms with E-state index < -0.39 is 0 Å². The van der Waals surface area contributed by atoms with E-state index in [0.29, 0.717) is 0 Å². The van der Waals surface area contributed by atoms with Crippen molar-refractivity contribution in [1.82, 2.24) is 9.97 Å². The number of aromatic amines is 1. The Labute approximate surface area is 112 Å². The molecule has 3 aromatic rings. The number of nitrogens with two attached hydrogens (primary N) is 1. The molecule has 0 unspecified atom stereocenters. The van der Waals surface area contributed by atoms with Crippen LogP contribution in [0.2, 0.25) is 0 Å². The molecule has 1 heterocycles. The molecule has 0 bridgehead atoms. The molecule has 0 aliphatic carbocycles. The lowest BCUT2D eigenvalue weighted by molar-refractivity contribution is 1.30. The number of nitrogens with one attached hydrogen (secondary N) is 1. The first-order valence-corrected chi connectivity index (χ1v) is 6.20. The number of rotatable bonds is 2. The summed E-state index contributed by atoms with van der Waals surface area (Å²) in [5.74, 6) is 0.885. The van der Waals surface area contributed by atoms with E-state index in [4.69, 9.17) is 5.73 Å². The van der Waals surface area contributed by atoms with Crippen molar-refractivity contribution in [2.24, 2.45) is 0 Å². The maximum atomic E-state index is 5.69. The lowest BCUT2D eigenvalue weighted by atomic mass is 10.1. The minimum absolute atomic E-state index is 0.766. The van der Waals surface area contributed by atoms with Crippen molar-refractivity contribution in [3.63, 3.8) is 0 Å². The second kappa shape index (κ2) is 4.61. The Morgan fingerprint density at radius 1 is 1.00 bits per heavy atom. The molecule has 0 fully saturated rings. The normalized spacial score (nSPS) is 10.6. The van der Waals surface area contributed by atoms with Crippen LogP contribution in [0.1, 0.15) is 5.56 Å². The maximum absolute atomic E-state index is 5.69. The molecular weight excluding hydrogens is 234 g/mol. The standard InChI is InChI=1S/C16H15N3/c1-11-3-2-4-13(9-11)16-18-10-15(19-16)12-5-7-14(17)8-6-12/h2-10H,17H2,1H3,(H,18,19). The maximum Gasteiger partial charge on any atom is 0.137 e. The summed E-state index contributed by atoms with van der Waals surface area (Å²) in [4.78, 5) is 7.78. The van der Waals surface area contributed by atoms with Gasteiger partial charge in [0.1, 0.15) is 5.82 Å². The number of hydrogen-bond acceptors (Lipinski definition) is 2. The van der Waals surface area contributed by atoms with Gasteiger partial charge in [0.25, 0.3) is 0 Å². The Balaban J connectivity index is 1.97. The van der Waals surface area contributed by atoms with Crippen LogP contribution in [-0.4, -0.2) is 9.97 Å². The second-order valence-electron chi connectivity index (χ2n) is 4.64. The molecule has 0 aliphatic heterocycles. The third-order valence-corrected chi connectivity index (χ3v) is 3.09. The first-order chi connectivity index (χ1) is 9.22. The molecule has 3 nitrogen and oxygen atoms in total. The summed E-state index contributed by atoms with van der Waals surface area (Å²) in [5.41, 5.74) is 10.9. The van der Waals surface area contributed by atoms with Crippen LogP contribution in [0.15, 0.2) is 54.7 Å². The number of aryl methyl sites for hydroxylation is 1. The third kappa shape index (κ3) is 2.36. The molecule has 1 aromatic heterocycles. The number of anilines is 1. The van der Waals surface area contributed by atoms with Gasteiger partial charge >= 0.3 is 0 Å². The fourth-order valence-corrected chi connectivity index (χ4v) is 2.07. The molecule has 0 amide bonds. The van der Waals surface area contributed by atoms with Gasteiger partial charge in [0.15, 0.2) is 0 Å². The highest BCUT2D eigenvalue weighted by Crippen LogP contribution is 2.23. The molecule has 3 heteroatoms. The second-order valence-corrected chi connectivity index (χ2v) is 4.64. The zero-order chi connectivity index (χ0) is 13.2. The van der Waals surface area contributed by atoms with Crippen LogP contribution >= 0.6 is 0 Å². The highest BCUT2D eigenvalue weighted by molar-refractivity contribution is 5.66. The number of H-pyrrole nitrogens is 1. The average Bonchev–Trinajstić information content (AvgIpc) is 2.89. The van der Waals surface area contributed by atoms with Crippen LogP contribution < -0.4 is 5.73 Å². The first-order valence-electron chi connectivity index (χ1n) is 6.20. The molecule has 0 saturated heterocycles. The van der Waals surface area contributed by atoms with Crippen molar-refractivity contribution in [2.75, 3.05) is 5.73 Å². The monoisotopic (exact) mass is 249 g/mol. The Morgan fingerprint density at radius 2 is 1.79 bits per heavy atom. The van der Waals surface area contributed by atoms with Gasteiger partial charge in [0.05, 0.1) is 11.9 Å². The number of imidazole rings is 1. The molecule has 0 atom stereocenters. The topological polar surface area (TPSA) is 54.7 Å². The van der Waals surface area contributed by atoms with Crippen LogP contribution in [0.25, 0.3) is 22.6 Å². The van der Waals surface area contributed by atoms with Crippen molar-refractivity contribution in [2.45, 2.75) is 6.92 Å². The predicted octanol–water partition coefficient (Wildman–Crippen LogP) is 3.63. The van der Waals surface area contributed by atoms with Gasteiger partial charge < -0.3 is 10.7 Å². The minimum atomic E-state index is 0.766. The summed E-state index contributed by atoms with van der Waals surface area (Å²) in [6.45, 7) is 2.08. The van der Waals surface area contributed by atoms with Gasteiger partial charge in [-0.3, -0.25) is 0 Å². The van der Waals surface area contributed by atoms with E-state index in [1.165, 1.54) is 5.56 Å². The molecule has 0 radical (unpaired) electrons. The predicted molar refractivity (Wildman–Crippen MR) is 78.6 cm³/mol. The van der Waals surface area contributed by atoms with Gasteiger partial charge in [-0.25, -0.2) is 4.98 Å². The SMILES string of the molecule is Cc1cccc(-c2ncc(-c3ccc(N)cc3)[nH]2)c1. The third-order valence-electron chi connectivity index (χ3n) is 3.09. The summed E-state index contributed by atoms with van der Waals surface area (Å²) < 4.78 is 0. The number of nitrogens with zero attached hydrogens (tertiary/aromatic N) is 1. The van der Waals surface area contributed by atoms with Gasteiger partial charge in [-0.2, -0.15) is 0 Å². The summed E-state index contributed by atoms with van der Waals surface area (Å²) in [6, 6.07) is 16.0.